The molecule has 0 spiro atoms. The molecule has 0 amide bonds. The molecule has 3 heteroatoms. The van der Waals surface area contributed by atoms with Crippen molar-refractivity contribution in [2.45, 2.75) is 18.9 Å². The second kappa shape index (κ2) is 7.04. The number of rotatable bonds is 6. The maximum atomic E-state index is 5.84. The van der Waals surface area contributed by atoms with E-state index in [4.69, 9.17) is 4.74 Å². The molecule has 1 N–H and O–H groups in total. The van der Waals surface area contributed by atoms with Crippen LogP contribution in [-0.4, -0.2) is 31.7 Å². The molecule has 1 aliphatic heterocycles. The average molecular weight is 251 g/mol. The van der Waals surface area contributed by atoms with Gasteiger partial charge in [0.2, 0.25) is 0 Å². The summed E-state index contributed by atoms with van der Waals surface area (Å²) in [5, 5.41) is 3.49. The lowest BCUT2D eigenvalue weighted by molar-refractivity contribution is 0.0427. The van der Waals surface area contributed by atoms with Crippen LogP contribution in [0.4, 0.5) is 0 Å². The maximum absolute atomic E-state index is 5.84. The van der Waals surface area contributed by atoms with E-state index in [2.05, 4.69) is 35.8 Å². The van der Waals surface area contributed by atoms with E-state index in [1.54, 1.807) is 0 Å². The summed E-state index contributed by atoms with van der Waals surface area (Å²) in [7, 11) is 0. The SMILES string of the molecule is CSCCCNCC1OCCc2ccccc21. The van der Waals surface area contributed by atoms with Gasteiger partial charge in [-0.1, -0.05) is 24.3 Å². The average Bonchev–Trinajstić information content (AvgIpc) is 2.39. The van der Waals surface area contributed by atoms with Crippen LogP contribution in [0.1, 0.15) is 23.7 Å². The summed E-state index contributed by atoms with van der Waals surface area (Å²) in [5.74, 6) is 1.23. The summed E-state index contributed by atoms with van der Waals surface area (Å²) in [5.41, 5.74) is 2.82. The molecule has 2 nitrogen and oxygen atoms in total. The van der Waals surface area contributed by atoms with Crippen LogP contribution < -0.4 is 5.32 Å². The number of hydrogen-bond donors (Lipinski definition) is 1. The first kappa shape index (κ1) is 12.9. The standard InChI is InChI=1S/C14H21NOS/c1-17-10-4-8-15-11-14-13-6-3-2-5-12(13)7-9-16-14/h2-3,5-6,14-15H,4,7-11H2,1H3. The predicted octanol–water partition coefficient (Wildman–Crippen LogP) is 2.64. The molecule has 0 saturated carbocycles. The van der Waals surface area contributed by atoms with Gasteiger partial charge in [-0.15, -0.1) is 0 Å². The maximum Gasteiger partial charge on any atom is 0.0952 e. The van der Waals surface area contributed by atoms with Crippen LogP contribution >= 0.6 is 11.8 Å². The fourth-order valence-electron chi connectivity index (χ4n) is 2.22. The van der Waals surface area contributed by atoms with Crippen molar-refractivity contribution in [3.63, 3.8) is 0 Å². The van der Waals surface area contributed by atoms with Gasteiger partial charge in [-0.3, -0.25) is 0 Å². The van der Waals surface area contributed by atoms with Crippen LogP contribution in [0.5, 0.6) is 0 Å². The quantitative estimate of drug-likeness (QED) is 0.785. The Labute approximate surface area is 108 Å². The molecule has 0 radical (unpaired) electrons. The molecule has 94 valence electrons. The Morgan fingerprint density at radius 1 is 1.41 bits per heavy atom. The number of benzene rings is 1. The van der Waals surface area contributed by atoms with Crippen molar-refractivity contribution in [2.75, 3.05) is 31.7 Å². The molecule has 0 aromatic heterocycles. The van der Waals surface area contributed by atoms with Crippen LogP contribution in [0, 0.1) is 0 Å². The fourth-order valence-corrected chi connectivity index (χ4v) is 2.65. The third-order valence-corrected chi connectivity index (χ3v) is 3.82. The van der Waals surface area contributed by atoms with E-state index in [0.29, 0.717) is 0 Å². The lowest BCUT2D eigenvalue weighted by Gasteiger charge is -2.26. The van der Waals surface area contributed by atoms with Crippen LogP contribution in [-0.2, 0) is 11.2 Å². The zero-order chi connectivity index (χ0) is 11.9. The lowest BCUT2D eigenvalue weighted by atomic mass is 9.97. The Balaban J connectivity index is 1.82. The van der Waals surface area contributed by atoms with Gasteiger partial charge in [0.05, 0.1) is 12.7 Å². The molecule has 1 unspecified atom stereocenters. The molecule has 1 atom stereocenters. The van der Waals surface area contributed by atoms with Crippen molar-refractivity contribution < 1.29 is 4.74 Å². The highest BCUT2D eigenvalue weighted by atomic mass is 32.2. The van der Waals surface area contributed by atoms with Gasteiger partial charge < -0.3 is 10.1 Å². The van der Waals surface area contributed by atoms with Crippen LogP contribution in [0.3, 0.4) is 0 Å². The molecular weight excluding hydrogens is 230 g/mol. The number of hydrogen-bond acceptors (Lipinski definition) is 3. The zero-order valence-electron chi connectivity index (χ0n) is 10.4. The molecule has 1 aliphatic rings. The summed E-state index contributed by atoms with van der Waals surface area (Å²) in [6, 6.07) is 8.64. The van der Waals surface area contributed by atoms with E-state index in [9.17, 15) is 0 Å². The number of nitrogens with one attached hydrogen (secondary N) is 1. The fraction of sp³-hybridized carbons (Fsp3) is 0.571. The first-order chi connectivity index (χ1) is 8.42. The third kappa shape index (κ3) is 3.73. The third-order valence-electron chi connectivity index (χ3n) is 3.12. The Morgan fingerprint density at radius 2 is 2.29 bits per heavy atom. The van der Waals surface area contributed by atoms with Gasteiger partial charge in [-0.25, -0.2) is 0 Å². The van der Waals surface area contributed by atoms with E-state index >= 15 is 0 Å². The van der Waals surface area contributed by atoms with Gasteiger partial charge in [0.15, 0.2) is 0 Å². The molecule has 1 aromatic rings. The Bertz CT molecular complexity index is 343. The topological polar surface area (TPSA) is 21.3 Å². The highest BCUT2D eigenvalue weighted by molar-refractivity contribution is 7.98. The van der Waals surface area contributed by atoms with Gasteiger partial charge in [-0.2, -0.15) is 11.8 Å². The molecule has 1 aromatic carbocycles. The minimum atomic E-state index is 0.245. The highest BCUT2D eigenvalue weighted by Gasteiger charge is 2.19. The van der Waals surface area contributed by atoms with Gasteiger partial charge in [-0.05, 0) is 42.5 Å². The molecular formula is C14H21NOS. The Hall–Kier alpha value is -0.510. The molecule has 0 bridgehead atoms. The van der Waals surface area contributed by atoms with Crippen molar-refractivity contribution in [1.82, 2.24) is 5.32 Å². The van der Waals surface area contributed by atoms with Crippen LogP contribution in [0.15, 0.2) is 24.3 Å². The molecule has 0 saturated heterocycles. The molecule has 1 heterocycles. The normalized spacial score (nSPS) is 19.0. The monoisotopic (exact) mass is 251 g/mol. The van der Waals surface area contributed by atoms with Crippen molar-refractivity contribution >= 4 is 11.8 Å². The van der Waals surface area contributed by atoms with E-state index in [1.165, 1.54) is 23.3 Å². The van der Waals surface area contributed by atoms with Gasteiger partial charge in [0, 0.05) is 6.54 Å². The summed E-state index contributed by atoms with van der Waals surface area (Å²) in [6.45, 7) is 2.88. The number of thioether (sulfide) groups is 1. The molecule has 17 heavy (non-hydrogen) atoms. The van der Waals surface area contributed by atoms with Gasteiger partial charge in [0.1, 0.15) is 0 Å². The summed E-state index contributed by atoms with van der Waals surface area (Å²) < 4.78 is 5.84. The second-order valence-electron chi connectivity index (χ2n) is 4.36. The first-order valence-corrected chi connectivity index (χ1v) is 7.70. The van der Waals surface area contributed by atoms with E-state index < -0.39 is 0 Å². The Morgan fingerprint density at radius 3 is 3.18 bits per heavy atom. The minimum absolute atomic E-state index is 0.245. The van der Waals surface area contributed by atoms with Gasteiger partial charge >= 0.3 is 0 Å². The van der Waals surface area contributed by atoms with E-state index in [1.807, 2.05) is 11.8 Å². The smallest absolute Gasteiger partial charge is 0.0952 e. The van der Waals surface area contributed by atoms with Gasteiger partial charge in [0.25, 0.3) is 0 Å². The first-order valence-electron chi connectivity index (χ1n) is 6.31. The minimum Gasteiger partial charge on any atom is -0.372 e. The van der Waals surface area contributed by atoms with E-state index in [0.717, 1.165) is 26.1 Å². The van der Waals surface area contributed by atoms with Crippen molar-refractivity contribution in [2.24, 2.45) is 0 Å². The largest absolute Gasteiger partial charge is 0.372 e. The molecule has 0 fully saturated rings. The second-order valence-corrected chi connectivity index (χ2v) is 5.34. The lowest BCUT2D eigenvalue weighted by Crippen LogP contribution is -2.28. The van der Waals surface area contributed by atoms with Crippen LogP contribution in [0.2, 0.25) is 0 Å². The van der Waals surface area contributed by atoms with Crippen molar-refractivity contribution in [3.8, 4) is 0 Å². The summed E-state index contributed by atoms with van der Waals surface area (Å²) in [6.07, 6.45) is 4.68. The molecule has 2 rings (SSSR count). The number of ether oxygens (including phenoxy) is 1. The van der Waals surface area contributed by atoms with E-state index in [-0.39, 0.29) is 6.10 Å². The van der Waals surface area contributed by atoms with Crippen LogP contribution in [0.25, 0.3) is 0 Å². The highest BCUT2D eigenvalue weighted by Crippen LogP contribution is 2.26. The zero-order valence-corrected chi connectivity index (χ0v) is 11.3. The van der Waals surface area contributed by atoms with Crippen molar-refractivity contribution in [1.29, 1.82) is 0 Å². The van der Waals surface area contributed by atoms with Crippen molar-refractivity contribution in [3.05, 3.63) is 35.4 Å². The Kier molecular flexibility index (Phi) is 5.36. The summed E-state index contributed by atoms with van der Waals surface area (Å²) in [4.78, 5) is 0. The summed E-state index contributed by atoms with van der Waals surface area (Å²) >= 11 is 1.90. The predicted molar refractivity (Wildman–Crippen MR) is 74.7 cm³/mol. The number of fused-ring (bicyclic) bond motifs is 1. The molecule has 0 aliphatic carbocycles.